The van der Waals surface area contributed by atoms with E-state index in [2.05, 4.69) is 4.98 Å². The summed E-state index contributed by atoms with van der Waals surface area (Å²) in [6.07, 6.45) is 0.802. The topological polar surface area (TPSA) is 105 Å². The van der Waals surface area contributed by atoms with Crippen LogP contribution in [0.25, 0.3) is 6.08 Å². The molecule has 0 radical (unpaired) electrons. The molecule has 2 heterocycles. The van der Waals surface area contributed by atoms with Gasteiger partial charge in [0.05, 0.1) is 18.3 Å². The molecule has 19 heavy (non-hydrogen) atoms. The molecular formula is C11H13IN2O5. The number of nitrogens with one attached hydrogen (secondary N) is 1. The molecule has 0 aromatic carbocycles. The molecule has 7 nitrogen and oxygen atoms in total. The lowest BCUT2D eigenvalue weighted by molar-refractivity contribution is -0.0530. The van der Waals surface area contributed by atoms with E-state index in [1.165, 1.54) is 6.20 Å². The van der Waals surface area contributed by atoms with E-state index in [1.807, 2.05) is 22.6 Å². The number of hydrogen-bond acceptors (Lipinski definition) is 5. The molecule has 2 rings (SSSR count). The van der Waals surface area contributed by atoms with E-state index < -0.39 is 29.7 Å². The maximum absolute atomic E-state index is 11.8. The third kappa shape index (κ3) is 2.96. The van der Waals surface area contributed by atoms with E-state index in [0.717, 1.165) is 4.57 Å². The maximum atomic E-state index is 11.8. The van der Waals surface area contributed by atoms with E-state index in [9.17, 15) is 14.7 Å². The van der Waals surface area contributed by atoms with Crippen LogP contribution in [0.4, 0.5) is 0 Å². The second-order valence-electron chi connectivity index (χ2n) is 4.18. The van der Waals surface area contributed by atoms with Gasteiger partial charge in [-0.25, -0.2) is 4.79 Å². The number of aromatic nitrogens is 2. The second kappa shape index (κ2) is 5.99. The molecule has 3 N–H and O–H groups in total. The van der Waals surface area contributed by atoms with Gasteiger partial charge < -0.3 is 14.9 Å². The summed E-state index contributed by atoms with van der Waals surface area (Å²) < 4.78 is 8.15. The molecular weight excluding hydrogens is 367 g/mol. The van der Waals surface area contributed by atoms with Gasteiger partial charge in [0.25, 0.3) is 5.56 Å². The number of H-pyrrole nitrogens is 1. The van der Waals surface area contributed by atoms with Crippen LogP contribution in [0.1, 0.15) is 18.2 Å². The summed E-state index contributed by atoms with van der Waals surface area (Å²) in [5, 5.41) is 18.9. The van der Waals surface area contributed by atoms with Crippen LogP contribution in [0.2, 0.25) is 0 Å². The van der Waals surface area contributed by atoms with Crippen molar-refractivity contribution in [2.45, 2.75) is 24.9 Å². The monoisotopic (exact) mass is 380 g/mol. The van der Waals surface area contributed by atoms with Gasteiger partial charge in [0, 0.05) is 12.6 Å². The number of aliphatic hydroxyl groups is 2. The molecule has 1 aromatic rings. The minimum Gasteiger partial charge on any atom is -0.394 e. The zero-order valence-corrected chi connectivity index (χ0v) is 12.0. The molecule has 0 aliphatic carbocycles. The van der Waals surface area contributed by atoms with Crippen LogP contribution in [0.3, 0.4) is 0 Å². The summed E-state index contributed by atoms with van der Waals surface area (Å²) in [5.41, 5.74) is -0.865. The molecule has 1 aromatic heterocycles. The summed E-state index contributed by atoms with van der Waals surface area (Å²) in [6, 6.07) is 0. The minimum atomic E-state index is -0.905. The van der Waals surface area contributed by atoms with Gasteiger partial charge in [-0.2, -0.15) is 0 Å². The first-order valence-electron chi connectivity index (χ1n) is 5.63. The highest BCUT2D eigenvalue weighted by Gasteiger charge is 2.35. The number of hydrogen-bond donors (Lipinski definition) is 3. The fourth-order valence-electron chi connectivity index (χ4n) is 1.97. The quantitative estimate of drug-likeness (QED) is 0.619. The first-order valence-corrected chi connectivity index (χ1v) is 6.88. The highest BCUT2D eigenvalue weighted by Crippen LogP contribution is 2.27. The lowest BCUT2D eigenvalue weighted by Gasteiger charge is -2.17. The largest absolute Gasteiger partial charge is 0.394 e. The predicted octanol–water partition coefficient (Wildman–Crippen LogP) is -0.417. The number of rotatable bonds is 3. The van der Waals surface area contributed by atoms with Crippen LogP contribution in [-0.4, -0.2) is 38.6 Å². The van der Waals surface area contributed by atoms with Crippen LogP contribution in [0, 0.1) is 0 Å². The average molecular weight is 380 g/mol. The third-order valence-corrected chi connectivity index (χ3v) is 3.24. The van der Waals surface area contributed by atoms with Gasteiger partial charge in [0.1, 0.15) is 6.10 Å². The average Bonchev–Trinajstić information content (AvgIpc) is 2.74. The number of halogens is 1. The van der Waals surface area contributed by atoms with Gasteiger partial charge >= 0.3 is 5.69 Å². The van der Waals surface area contributed by atoms with E-state index in [0.29, 0.717) is 0 Å². The highest BCUT2D eigenvalue weighted by molar-refractivity contribution is 14.1. The fraction of sp³-hybridized carbons (Fsp3) is 0.455. The smallest absolute Gasteiger partial charge is 0.330 e. The zero-order valence-electron chi connectivity index (χ0n) is 9.82. The molecule has 0 amide bonds. The Kier molecular flexibility index (Phi) is 4.55. The number of ether oxygens (including phenoxy) is 1. The van der Waals surface area contributed by atoms with Crippen LogP contribution in [0.15, 0.2) is 19.9 Å². The molecule has 0 bridgehead atoms. The van der Waals surface area contributed by atoms with E-state index in [4.69, 9.17) is 9.84 Å². The molecule has 104 valence electrons. The predicted molar refractivity (Wildman–Crippen MR) is 76.0 cm³/mol. The summed E-state index contributed by atoms with van der Waals surface area (Å²) >= 11 is 1.96. The van der Waals surface area contributed by atoms with Crippen molar-refractivity contribution in [1.29, 1.82) is 0 Å². The molecule has 0 unspecified atom stereocenters. The van der Waals surface area contributed by atoms with Crippen molar-refractivity contribution in [1.82, 2.24) is 9.55 Å². The fourth-order valence-corrected chi connectivity index (χ4v) is 2.36. The molecule has 0 saturated carbocycles. The van der Waals surface area contributed by atoms with E-state index in [1.54, 1.807) is 10.2 Å². The van der Waals surface area contributed by atoms with E-state index >= 15 is 0 Å². The molecule has 1 aliphatic rings. The first-order chi connectivity index (χ1) is 9.06. The Labute approximate surface area is 121 Å². The highest BCUT2D eigenvalue weighted by atomic mass is 127. The lowest BCUT2D eigenvalue weighted by atomic mass is 10.2. The Morgan fingerprint density at radius 2 is 2.32 bits per heavy atom. The summed E-state index contributed by atoms with van der Waals surface area (Å²) in [4.78, 5) is 25.5. The Morgan fingerprint density at radius 3 is 2.89 bits per heavy atom. The molecule has 1 fully saturated rings. The number of aromatic amines is 1. The van der Waals surface area contributed by atoms with Crippen molar-refractivity contribution in [3.8, 4) is 0 Å². The van der Waals surface area contributed by atoms with Crippen molar-refractivity contribution in [3.63, 3.8) is 0 Å². The summed E-state index contributed by atoms with van der Waals surface area (Å²) in [6.45, 7) is -0.230. The normalized spacial score (nSPS) is 27.2. The Hall–Kier alpha value is -0.970. The Morgan fingerprint density at radius 1 is 1.58 bits per heavy atom. The summed E-state index contributed by atoms with van der Waals surface area (Å²) in [5.74, 6) is 0. The van der Waals surface area contributed by atoms with Crippen molar-refractivity contribution >= 4 is 28.7 Å². The molecule has 8 heteroatoms. The van der Waals surface area contributed by atoms with Crippen LogP contribution >= 0.6 is 22.6 Å². The number of aliphatic hydroxyl groups excluding tert-OH is 2. The van der Waals surface area contributed by atoms with Crippen molar-refractivity contribution in [2.24, 2.45) is 0 Å². The van der Waals surface area contributed by atoms with Gasteiger partial charge in [-0.1, -0.05) is 22.6 Å². The zero-order chi connectivity index (χ0) is 14.0. The Bertz CT molecular complexity index is 593. The molecule has 0 spiro atoms. The van der Waals surface area contributed by atoms with Gasteiger partial charge in [0.15, 0.2) is 6.23 Å². The van der Waals surface area contributed by atoms with Crippen LogP contribution in [-0.2, 0) is 4.74 Å². The van der Waals surface area contributed by atoms with E-state index in [-0.39, 0.29) is 18.6 Å². The lowest BCUT2D eigenvalue weighted by Crippen LogP contribution is -2.36. The Balaban J connectivity index is 2.42. The van der Waals surface area contributed by atoms with Crippen molar-refractivity contribution < 1.29 is 14.9 Å². The van der Waals surface area contributed by atoms with Gasteiger partial charge in [-0.3, -0.25) is 14.3 Å². The minimum absolute atomic E-state index is 0.230. The van der Waals surface area contributed by atoms with Crippen LogP contribution < -0.4 is 11.2 Å². The van der Waals surface area contributed by atoms with Crippen molar-refractivity contribution in [3.05, 3.63) is 36.7 Å². The third-order valence-electron chi connectivity index (χ3n) is 2.88. The standard InChI is InChI=1S/C11H13IN2O5/c12-2-1-6-4-14(11(18)13-9(6)17)10-8(16)3-7(5-15)19-10/h1-2,4,7-8,10,15-16H,3,5H2,(H,13,17,18)/t7-,8+,10+/m0/s1. The SMILES string of the molecule is O=c1[nH]c(=O)n([C@@H]2O[C@H](CO)C[C@H]2O)cc1C=CI. The maximum Gasteiger partial charge on any atom is 0.330 e. The second-order valence-corrected chi connectivity index (χ2v) is 4.90. The molecule has 1 saturated heterocycles. The van der Waals surface area contributed by atoms with Gasteiger partial charge in [0.2, 0.25) is 0 Å². The molecule has 1 aliphatic heterocycles. The van der Waals surface area contributed by atoms with Crippen molar-refractivity contribution in [2.75, 3.05) is 6.61 Å². The van der Waals surface area contributed by atoms with Gasteiger partial charge in [-0.05, 0) is 10.2 Å². The van der Waals surface area contributed by atoms with Crippen LogP contribution in [0.5, 0.6) is 0 Å². The van der Waals surface area contributed by atoms with Gasteiger partial charge in [-0.15, -0.1) is 0 Å². The summed E-state index contributed by atoms with van der Waals surface area (Å²) in [7, 11) is 0. The molecule has 3 atom stereocenters. The first kappa shape index (κ1) is 14.4. The number of nitrogens with zero attached hydrogens (tertiary/aromatic N) is 1.